The minimum absolute atomic E-state index is 0.535. The third-order valence-corrected chi connectivity index (χ3v) is 5.54. The zero-order chi connectivity index (χ0) is 20.1. The van der Waals surface area contributed by atoms with Crippen molar-refractivity contribution in [2.75, 3.05) is 13.2 Å². The summed E-state index contributed by atoms with van der Waals surface area (Å²) in [6.45, 7) is 1.08. The molecule has 3 aromatic carbocycles. The van der Waals surface area contributed by atoms with E-state index in [9.17, 15) is 0 Å². The normalized spacial score (nSPS) is 13.1. The molecule has 6 heteroatoms. The molecule has 1 aliphatic rings. The number of fused-ring (bicyclic) bond motifs is 4. The van der Waals surface area contributed by atoms with Crippen molar-refractivity contribution < 1.29 is 9.47 Å². The molecular formula is C24H16ClN3O2. The molecular weight excluding hydrogens is 398 g/mol. The Kier molecular flexibility index (Phi) is 3.89. The molecule has 30 heavy (non-hydrogen) atoms. The molecule has 0 spiro atoms. The molecule has 3 heterocycles. The lowest BCUT2D eigenvalue weighted by molar-refractivity contribution is 0.172. The highest BCUT2D eigenvalue weighted by Crippen LogP contribution is 2.39. The predicted octanol–water partition coefficient (Wildman–Crippen LogP) is 5.67. The van der Waals surface area contributed by atoms with Crippen molar-refractivity contribution in [2.45, 2.75) is 0 Å². The fourth-order valence-electron chi connectivity index (χ4n) is 3.90. The van der Waals surface area contributed by atoms with Gasteiger partial charge in [0.15, 0.2) is 11.5 Å². The van der Waals surface area contributed by atoms with Crippen LogP contribution in [0.1, 0.15) is 0 Å². The van der Waals surface area contributed by atoms with Crippen LogP contribution in [0, 0.1) is 0 Å². The van der Waals surface area contributed by atoms with E-state index in [4.69, 9.17) is 31.2 Å². The minimum Gasteiger partial charge on any atom is -0.486 e. The highest BCUT2D eigenvalue weighted by atomic mass is 35.5. The largest absolute Gasteiger partial charge is 0.486 e. The van der Waals surface area contributed by atoms with Gasteiger partial charge < -0.3 is 9.47 Å². The lowest BCUT2D eigenvalue weighted by Crippen LogP contribution is -2.15. The van der Waals surface area contributed by atoms with Crippen molar-refractivity contribution in [3.63, 3.8) is 0 Å². The summed E-state index contributed by atoms with van der Waals surface area (Å²) in [5, 5.41) is 7.60. The monoisotopic (exact) mass is 413 g/mol. The Labute approximate surface area is 177 Å². The van der Waals surface area contributed by atoms with E-state index in [1.165, 1.54) is 0 Å². The average molecular weight is 414 g/mol. The number of benzene rings is 3. The third-order valence-electron chi connectivity index (χ3n) is 5.29. The van der Waals surface area contributed by atoms with Crippen LogP contribution in [0.4, 0.5) is 0 Å². The molecule has 0 bridgehead atoms. The molecule has 2 aromatic heterocycles. The standard InChI is InChI=1S/C24H16ClN3O2/c25-16-6-8-17(9-7-16)28-24-18-12-21-22(30-11-10-29-21)13-20(18)26-14-19(24)23(27-28)15-4-2-1-3-5-15/h1-9,12-14H,10-11H2. The number of aromatic nitrogens is 3. The fraction of sp³-hybridized carbons (Fsp3) is 0.0833. The second kappa shape index (κ2) is 6.75. The topological polar surface area (TPSA) is 49.2 Å². The van der Waals surface area contributed by atoms with Crippen LogP contribution in [0.2, 0.25) is 5.02 Å². The van der Waals surface area contributed by atoms with E-state index in [0.29, 0.717) is 18.2 Å². The number of hydrogen-bond donors (Lipinski definition) is 0. The molecule has 0 amide bonds. The number of ether oxygens (including phenoxy) is 2. The molecule has 0 unspecified atom stereocenters. The van der Waals surface area contributed by atoms with Gasteiger partial charge in [0.25, 0.3) is 0 Å². The molecule has 0 atom stereocenters. The van der Waals surface area contributed by atoms with Crippen LogP contribution in [0.5, 0.6) is 11.5 Å². The molecule has 0 aliphatic carbocycles. The number of rotatable bonds is 2. The van der Waals surface area contributed by atoms with Crippen molar-refractivity contribution in [3.05, 3.63) is 77.9 Å². The Morgan fingerprint density at radius 2 is 1.57 bits per heavy atom. The van der Waals surface area contributed by atoms with Gasteiger partial charge in [0, 0.05) is 33.6 Å². The molecule has 5 nitrogen and oxygen atoms in total. The minimum atomic E-state index is 0.535. The van der Waals surface area contributed by atoms with Gasteiger partial charge in [-0.05, 0) is 30.3 Å². The summed E-state index contributed by atoms with van der Waals surface area (Å²) in [4.78, 5) is 4.71. The van der Waals surface area contributed by atoms with E-state index in [0.717, 1.165) is 50.2 Å². The van der Waals surface area contributed by atoms with Gasteiger partial charge in [0.05, 0.1) is 16.7 Å². The van der Waals surface area contributed by atoms with Gasteiger partial charge in [-0.25, -0.2) is 4.68 Å². The maximum atomic E-state index is 6.12. The van der Waals surface area contributed by atoms with Gasteiger partial charge >= 0.3 is 0 Å². The fourth-order valence-corrected chi connectivity index (χ4v) is 4.02. The van der Waals surface area contributed by atoms with E-state index in [1.54, 1.807) is 0 Å². The van der Waals surface area contributed by atoms with Crippen molar-refractivity contribution >= 4 is 33.4 Å². The molecule has 0 saturated carbocycles. The van der Waals surface area contributed by atoms with Crippen LogP contribution in [0.3, 0.4) is 0 Å². The molecule has 6 rings (SSSR count). The molecule has 5 aromatic rings. The Balaban J connectivity index is 1.71. The summed E-state index contributed by atoms with van der Waals surface area (Å²) in [5.74, 6) is 1.45. The van der Waals surface area contributed by atoms with Gasteiger partial charge in [0.2, 0.25) is 0 Å². The highest BCUT2D eigenvalue weighted by molar-refractivity contribution is 6.30. The zero-order valence-electron chi connectivity index (χ0n) is 15.9. The summed E-state index contributed by atoms with van der Waals surface area (Å²) in [6, 6.07) is 21.7. The Morgan fingerprint density at radius 3 is 2.33 bits per heavy atom. The lowest BCUT2D eigenvalue weighted by atomic mass is 10.1. The molecule has 0 fully saturated rings. The Morgan fingerprint density at radius 1 is 0.833 bits per heavy atom. The molecule has 0 radical (unpaired) electrons. The molecule has 0 N–H and O–H groups in total. The summed E-state index contributed by atoms with van der Waals surface area (Å²) in [7, 11) is 0. The number of pyridine rings is 1. The quantitative estimate of drug-likeness (QED) is 0.374. The lowest BCUT2D eigenvalue weighted by Gasteiger charge is -2.19. The number of hydrogen-bond acceptors (Lipinski definition) is 4. The second-order valence-electron chi connectivity index (χ2n) is 7.14. The van der Waals surface area contributed by atoms with E-state index >= 15 is 0 Å². The first kappa shape index (κ1) is 17.3. The molecule has 1 aliphatic heterocycles. The Bertz CT molecular complexity index is 1400. The maximum Gasteiger partial charge on any atom is 0.163 e. The summed E-state index contributed by atoms with van der Waals surface area (Å²) >= 11 is 6.12. The van der Waals surface area contributed by atoms with Crippen LogP contribution in [-0.4, -0.2) is 28.0 Å². The van der Waals surface area contributed by atoms with E-state index in [1.807, 2.05) is 65.5 Å². The van der Waals surface area contributed by atoms with Crippen molar-refractivity contribution in [3.8, 4) is 28.4 Å². The van der Waals surface area contributed by atoms with E-state index < -0.39 is 0 Å². The van der Waals surface area contributed by atoms with Crippen molar-refractivity contribution in [1.29, 1.82) is 0 Å². The maximum absolute atomic E-state index is 6.12. The van der Waals surface area contributed by atoms with Gasteiger partial charge in [-0.15, -0.1) is 0 Å². The SMILES string of the molecule is Clc1ccc(-n2nc(-c3ccccc3)c3cnc4cc5c(cc4c32)OCCO5)cc1. The van der Waals surface area contributed by atoms with Gasteiger partial charge in [-0.2, -0.15) is 5.10 Å². The average Bonchev–Trinajstić information content (AvgIpc) is 3.19. The van der Waals surface area contributed by atoms with Crippen molar-refractivity contribution in [2.24, 2.45) is 0 Å². The number of nitrogens with zero attached hydrogens (tertiary/aromatic N) is 3. The summed E-state index contributed by atoms with van der Waals surface area (Å²) in [6.07, 6.45) is 1.88. The van der Waals surface area contributed by atoms with E-state index in [2.05, 4.69) is 12.1 Å². The first-order valence-corrected chi connectivity index (χ1v) is 10.1. The van der Waals surface area contributed by atoms with Crippen LogP contribution >= 0.6 is 11.6 Å². The first-order valence-electron chi connectivity index (χ1n) is 9.70. The smallest absolute Gasteiger partial charge is 0.163 e. The van der Waals surface area contributed by atoms with Crippen molar-refractivity contribution in [1.82, 2.24) is 14.8 Å². The van der Waals surface area contributed by atoms with Gasteiger partial charge in [0.1, 0.15) is 18.9 Å². The van der Waals surface area contributed by atoms with Crippen LogP contribution in [-0.2, 0) is 0 Å². The third kappa shape index (κ3) is 2.70. The van der Waals surface area contributed by atoms with Crippen LogP contribution in [0.25, 0.3) is 38.8 Å². The predicted molar refractivity (Wildman–Crippen MR) is 118 cm³/mol. The van der Waals surface area contributed by atoms with E-state index in [-0.39, 0.29) is 0 Å². The summed E-state index contributed by atoms with van der Waals surface area (Å²) < 4.78 is 13.5. The molecule has 146 valence electrons. The van der Waals surface area contributed by atoms with Crippen LogP contribution in [0.15, 0.2) is 72.9 Å². The molecule has 0 saturated heterocycles. The summed E-state index contributed by atoms with van der Waals surface area (Å²) in [5.41, 5.74) is 4.65. The first-order chi connectivity index (χ1) is 14.8. The zero-order valence-corrected chi connectivity index (χ0v) is 16.6. The van der Waals surface area contributed by atoms with Gasteiger partial charge in [-0.1, -0.05) is 41.9 Å². The van der Waals surface area contributed by atoms with Crippen LogP contribution < -0.4 is 9.47 Å². The highest BCUT2D eigenvalue weighted by Gasteiger charge is 2.20. The van der Waals surface area contributed by atoms with Gasteiger partial charge in [-0.3, -0.25) is 4.98 Å². The Hall–Kier alpha value is -3.57. The second-order valence-corrected chi connectivity index (χ2v) is 7.57. The number of halogens is 1.